The third-order valence-electron chi connectivity index (χ3n) is 2.73. The molecule has 0 atom stereocenters. The SMILES string of the molecule is Cc1cc(F)cc(-c2ocnc2CNC(C)(C)C)c1. The highest BCUT2D eigenvalue weighted by Crippen LogP contribution is 2.25. The highest BCUT2D eigenvalue weighted by molar-refractivity contribution is 5.60. The first kappa shape index (κ1) is 13.7. The van der Waals surface area contributed by atoms with Crippen LogP contribution in [0.1, 0.15) is 32.0 Å². The Kier molecular flexibility index (Phi) is 3.71. The van der Waals surface area contributed by atoms with Gasteiger partial charge in [0.2, 0.25) is 0 Å². The maximum Gasteiger partial charge on any atom is 0.181 e. The molecular formula is C15H19FN2O. The Morgan fingerprint density at radius 3 is 2.63 bits per heavy atom. The molecule has 2 aromatic rings. The number of rotatable bonds is 3. The number of aryl methyl sites for hydroxylation is 1. The zero-order valence-electron chi connectivity index (χ0n) is 11.7. The largest absolute Gasteiger partial charge is 0.443 e. The van der Waals surface area contributed by atoms with Crippen LogP contribution in [0, 0.1) is 12.7 Å². The number of aromatic nitrogens is 1. The van der Waals surface area contributed by atoms with Crippen LogP contribution in [0.25, 0.3) is 11.3 Å². The van der Waals surface area contributed by atoms with Crippen LogP contribution in [0.4, 0.5) is 4.39 Å². The zero-order chi connectivity index (χ0) is 14.0. The Morgan fingerprint density at radius 2 is 2.00 bits per heavy atom. The van der Waals surface area contributed by atoms with Crippen molar-refractivity contribution in [2.45, 2.75) is 39.8 Å². The average Bonchev–Trinajstić information content (AvgIpc) is 2.72. The number of nitrogens with one attached hydrogen (secondary N) is 1. The summed E-state index contributed by atoms with van der Waals surface area (Å²) in [6.07, 6.45) is 1.40. The average molecular weight is 262 g/mol. The summed E-state index contributed by atoms with van der Waals surface area (Å²) in [7, 11) is 0. The first-order valence-corrected chi connectivity index (χ1v) is 6.30. The zero-order valence-corrected chi connectivity index (χ0v) is 11.7. The molecule has 1 aromatic heterocycles. The van der Waals surface area contributed by atoms with Crippen molar-refractivity contribution in [3.8, 4) is 11.3 Å². The van der Waals surface area contributed by atoms with E-state index >= 15 is 0 Å². The minimum atomic E-state index is -0.263. The fraction of sp³-hybridized carbons (Fsp3) is 0.400. The molecule has 0 aliphatic heterocycles. The van der Waals surface area contributed by atoms with Crippen LogP contribution in [0.3, 0.4) is 0 Å². The number of halogens is 1. The second-order valence-electron chi connectivity index (χ2n) is 5.75. The molecule has 1 heterocycles. The van der Waals surface area contributed by atoms with Crippen LogP contribution >= 0.6 is 0 Å². The first-order valence-electron chi connectivity index (χ1n) is 6.30. The van der Waals surface area contributed by atoms with Crippen molar-refractivity contribution in [2.75, 3.05) is 0 Å². The number of oxazole rings is 1. The van der Waals surface area contributed by atoms with Crippen molar-refractivity contribution >= 4 is 0 Å². The number of hydrogen-bond acceptors (Lipinski definition) is 3. The van der Waals surface area contributed by atoms with Crippen molar-refractivity contribution in [1.29, 1.82) is 0 Å². The molecule has 0 fully saturated rings. The van der Waals surface area contributed by atoms with Crippen LogP contribution in [-0.2, 0) is 6.54 Å². The molecule has 0 aliphatic rings. The monoisotopic (exact) mass is 262 g/mol. The molecule has 19 heavy (non-hydrogen) atoms. The van der Waals surface area contributed by atoms with E-state index in [1.54, 1.807) is 0 Å². The third kappa shape index (κ3) is 3.64. The molecular weight excluding hydrogens is 243 g/mol. The van der Waals surface area contributed by atoms with E-state index in [0.717, 1.165) is 16.8 Å². The molecule has 0 spiro atoms. The first-order chi connectivity index (χ1) is 8.85. The Labute approximate surface area is 112 Å². The van der Waals surface area contributed by atoms with Crippen molar-refractivity contribution in [3.05, 3.63) is 41.7 Å². The van der Waals surface area contributed by atoms with E-state index in [1.165, 1.54) is 18.5 Å². The van der Waals surface area contributed by atoms with Gasteiger partial charge in [-0.15, -0.1) is 0 Å². The maximum absolute atomic E-state index is 13.4. The predicted molar refractivity (Wildman–Crippen MR) is 73.2 cm³/mol. The number of nitrogens with zero attached hydrogens (tertiary/aromatic N) is 1. The van der Waals surface area contributed by atoms with E-state index in [1.807, 2.05) is 13.0 Å². The Hall–Kier alpha value is -1.68. The smallest absolute Gasteiger partial charge is 0.181 e. The molecule has 0 saturated carbocycles. The summed E-state index contributed by atoms with van der Waals surface area (Å²) in [6, 6.07) is 4.85. The van der Waals surface area contributed by atoms with Gasteiger partial charge in [0, 0.05) is 17.6 Å². The molecule has 4 heteroatoms. The summed E-state index contributed by atoms with van der Waals surface area (Å²) in [6.45, 7) is 8.69. The van der Waals surface area contributed by atoms with Gasteiger partial charge in [-0.1, -0.05) is 0 Å². The summed E-state index contributed by atoms with van der Waals surface area (Å²) >= 11 is 0. The lowest BCUT2D eigenvalue weighted by atomic mass is 10.1. The van der Waals surface area contributed by atoms with E-state index in [2.05, 4.69) is 31.1 Å². The van der Waals surface area contributed by atoms with Crippen molar-refractivity contribution in [2.24, 2.45) is 0 Å². The van der Waals surface area contributed by atoms with Gasteiger partial charge in [-0.3, -0.25) is 0 Å². The van der Waals surface area contributed by atoms with Crippen LogP contribution in [-0.4, -0.2) is 10.5 Å². The van der Waals surface area contributed by atoms with Gasteiger partial charge < -0.3 is 9.73 Å². The third-order valence-corrected chi connectivity index (χ3v) is 2.73. The lowest BCUT2D eigenvalue weighted by molar-refractivity contribution is 0.421. The molecule has 0 bridgehead atoms. The highest BCUT2D eigenvalue weighted by Gasteiger charge is 2.15. The second kappa shape index (κ2) is 5.13. The van der Waals surface area contributed by atoms with Gasteiger partial charge in [-0.05, 0) is 51.5 Å². The second-order valence-corrected chi connectivity index (χ2v) is 5.75. The number of hydrogen-bond donors (Lipinski definition) is 1. The Bertz CT molecular complexity index is 550. The van der Waals surface area contributed by atoms with Crippen LogP contribution in [0.15, 0.2) is 29.0 Å². The lowest BCUT2D eigenvalue weighted by Crippen LogP contribution is -2.35. The van der Waals surface area contributed by atoms with Gasteiger partial charge in [0.15, 0.2) is 12.2 Å². The highest BCUT2D eigenvalue weighted by atomic mass is 19.1. The van der Waals surface area contributed by atoms with E-state index in [0.29, 0.717) is 12.3 Å². The predicted octanol–water partition coefficient (Wildman–Crippen LogP) is 3.68. The van der Waals surface area contributed by atoms with E-state index in [9.17, 15) is 4.39 Å². The normalized spacial score (nSPS) is 11.8. The summed E-state index contributed by atoms with van der Waals surface area (Å²) in [5, 5.41) is 3.35. The minimum Gasteiger partial charge on any atom is -0.443 e. The minimum absolute atomic E-state index is 0.00588. The van der Waals surface area contributed by atoms with E-state index in [4.69, 9.17) is 4.42 Å². The van der Waals surface area contributed by atoms with Gasteiger partial charge in [-0.25, -0.2) is 9.37 Å². The molecule has 0 amide bonds. The molecule has 2 rings (SSSR count). The van der Waals surface area contributed by atoms with Gasteiger partial charge >= 0.3 is 0 Å². The molecule has 1 N–H and O–H groups in total. The summed E-state index contributed by atoms with van der Waals surface area (Å²) in [4.78, 5) is 4.20. The van der Waals surface area contributed by atoms with Crippen molar-refractivity contribution < 1.29 is 8.81 Å². The topological polar surface area (TPSA) is 38.1 Å². The maximum atomic E-state index is 13.4. The van der Waals surface area contributed by atoms with Crippen LogP contribution in [0.5, 0.6) is 0 Å². The number of benzene rings is 1. The van der Waals surface area contributed by atoms with Crippen molar-refractivity contribution in [1.82, 2.24) is 10.3 Å². The Balaban J connectivity index is 2.28. The fourth-order valence-corrected chi connectivity index (χ4v) is 1.85. The van der Waals surface area contributed by atoms with Gasteiger partial charge in [0.1, 0.15) is 11.5 Å². The molecule has 3 nitrogen and oxygen atoms in total. The molecule has 0 radical (unpaired) electrons. The molecule has 102 valence electrons. The quantitative estimate of drug-likeness (QED) is 0.917. The molecule has 0 unspecified atom stereocenters. The molecule has 0 aliphatic carbocycles. The fourth-order valence-electron chi connectivity index (χ4n) is 1.85. The van der Waals surface area contributed by atoms with Gasteiger partial charge in [-0.2, -0.15) is 0 Å². The van der Waals surface area contributed by atoms with Crippen LogP contribution < -0.4 is 5.32 Å². The summed E-state index contributed by atoms with van der Waals surface area (Å²) in [5.74, 6) is 0.362. The lowest BCUT2D eigenvalue weighted by Gasteiger charge is -2.19. The summed E-state index contributed by atoms with van der Waals surface area (Å²) < 4.78 is 18.9. The van der Waals surface area contributed by atoms with E-state index < -0.39 is 0 Å². The standard InChI is InChI=1S/C15H19FN2O/c1-10-5-11(7-12(16)6-10)14-13(17-9-19-14)8-18-15(2,3)4/h5-7,9,18H,8H2,1-4H3. The van der Waals surface area contributed by atoms with E-state index in [-0.39, 0.29) is 11.4 Å². The van der Waals surface area contributed by atoms with Crippen LogP contribution in [0.2, 0.25) is 0 Å². The van der Waals surface area contributed by atoms with Gasteiger partial charge in [0.05, 0.1) is 0 Å². The Morgan fingerprint density at radius 1 is 1.26 bits per heavy atom. The summed E-state index contributed by atoms with van der Waals surface area (Å²) in [5.41, 5.74) is 2.37. The molecule has 0 saturated heterocycles. The van der Waals surface area contributed by atoms with Gasteiger partial charge in [0.25, 0.3) is 0 Å². The van der Waals surface area contributed by atoms with Crippen molar-refractivity contribution in [3.63, 3.8) is 0 Å². The molecule has 1 aromatic carbocycles.